The monoisotopic (exact) mass is 287 g/mol. The molecule has 0 spiro atoms. The Morgan fingerprint density at radius 2 is 1.85 bits per heavy atom. The Kier molecular flexibility index (Phi) is 3.16. The minimum Gasteiger partial charge on any atom is -0.397 e. The first-order valence-electron chi connectivity index (χ1n) is 6.01. The van der Waals surface area contributed by atoms with Gasteiger partial charge in [-0.15, -0.1) is 0 Å². The van der Waals surface area contributed by atoms with Crippen molar-refractivity contribution in [1.82, 2.24) is 4.98 Å². The zero-order valence-corrected chi connectivity index (χ0v) is 11.2. The second kappa shape index (κ2) is 4.98. The maximum Gasteiger partial charge on any atom is 0.146 e. The van der Waals surface area contributed by atoms with E-state index < -0.39 is 0 Å². The van der Waals surface area contributed by atoms with E-state index in [0.717, 1.165) is 10.8 Å². The van der Waals surface area contributed by atoms with Crippen LogP contribution in [-0.4, -0.2) is 4.98 Å². The van der Waals surface area contributed by atoms with E-state index in [1.54, 1.807) is 36.5 Å². The predicted octanol–water partition coefficient (Wildman–Crippen LogP) is 4.35. The molecule has 0 atom stereocenters. The van der Waals surface area contributed by atoms with Crippen LogP contribution in [0.15, 0.2) is 48.7 Å². The summed E-state index contributed by atoms with van der Waals surface area (Å²) in [6.45, 7) is 0. The minimum absolute atomic E-state index is 0.340. The van der Waals surface area contributed by atoms with Crippen LogP contribution in [-0.2, 0) is 0 Å². The molecule has 0 aliphatic carbocycles. The van der Waals surface area contributed by atoms with E-state index in [0.29, 0.717) is 22.2 Å². The van der Waals surface area contributed by atoms with Crippen LogP contribution in [0.1, 0.15) is 0 Å². The topological polar surface area (TPSA) is 50.9 Å². The molecule has 0 saturated heterocycles. The van der Waals surface area contributed by atoms with Gasteiger partial charge in [-0.3, -0.25) is 0 Å². The number of fused-ring (bicyclic) bond motifs is 1. The van der Waals surface area contributed by atoms with Crippen molar-refractivity contribution in [2.75, 3.05) is 11.1 Å². The van der Waals surface area contributed by atoms with Crippen molar-refractivity contribution in [1.29, 1.82) is 0 Å². The van der Waals surface area contributed by atoms with Gasteiger partial charge in [-0.05, 0) is 30.3 Å². The standard InChI is InChI=1S/C15H11ClFN3/c16-11-6-5-10-9(14(11)18)7-8-19-15(10)20-13-4-2-1-3-12(13)17/h1-8H,18H2,(H,19,20). The summed E-state index contributed by atoms with van der Waals surface area (Å²) >= 11 is 6.00. The number of benzene rings is 2. The highest BCUT2D eigenvalue weighted by atomic mass is 35.5. The van der Waals surface area contributed by atoms with Gasteiger partial charge in [-0.2, -0.15) is 0 Å². The zero-order chi connectivity index (χ0) is 14.1. The molecular weight excluding hydrogens is 277 g/mol. The van der Waals surface area contributed by atoms with Gasteiger partial charge in [0.25, 0.3) is 0 Å². The Balaban J connectivity index is 2.13. The van der Waals surface area contributed by atoms with Gasteiger partial charge in [0.2, 0.25) is 0 Å². The van der Waals surface area contributed by atoms with Crippen LogP contribution in [0.4, 0.5) is 21.6 Å². The molecule has 100 valence electrons. The minimum atomic E-state index is -0.340. The summed E-state index contributed by atoms with van der Waals surface area (Å²) in [5.74, 6) is 0.198. The van der Waals surface area contributed by atoms with E-state index in [1.165, 1.54) is 6.07 Å². The Labute approximate surface area is 120 Å². The Morgan fingerprint density at radius 1 is 1.05 bits per heavy atom. The number of nitrogens with zero attached hydrogens (tertiary/aromatic N) is 1. The SMILES string of the molecule is Nc1c(Cl)ccc2c(Nc3ccccc3F)nccc12. The number of hydrogen-bond donors (Lipinski definition) is 2. The molecule has 1 heterocycles. The molecule has 0 saturated carbocycles. The number of rotatable bonds is 2. The van der Waals surface area contributed by atoms with E-state index in [1.807, 2.05) is 6.07 Å². The first kappa shape index (κ1) is 12.7. The van der Waals surface area contributed by atoms with Gasteiger partial charge in [-0.1, -0.05) is 23.7 Å². The van der Waals surface area contributed by atoms with E-state index >= 15 is 0 Å². The van der Waals surface area contributed by atoms with Crippen LogP contribution < -0.4 is 11.1 Å². The maximum atomic E-state index is 13.7. The van der Waals surface area contributed by atoms with E-state index in [2.05, 4.69) is 10.3 Å². The van der Waals surface area contributed by atoms with E-state index in [4.69, 9.17) is 17.3 Å². The zero-order valence-electron chi connectivity index (χ0n) is 10.4. The number of aromatic nitrogens is 1. The van der Waals surface area contributed by atoms with Gasteiger partial charge in [0.15, 0.2) is 0 Å². The van der Waals surface area contributed by atoms with Gasteiger partial charge in [0.1, 0.15) is 11.6 Å². The first-order valence-corrected chi connectivity index (χ1v) is 6.39. The third-order valence-corrected chi connectivity index (χ3v) is 3.39. The summed E-state index contributed by atoms with van der Waals surface area (Å²) in [6.07, 6.45) is 1.61. The molecular formula is C15H11ClFN3. The maximum absolute atomic E-state index is 13.7. The number of anilines is 3. The van der Waals surface area contributed by atoms with Gasteiger partial charge in [0, 0.05) is 17.0 Å². The van der Waals surface area contributed by atoms with Crippen LogP contribution in [0.3, 0.4) is 0 Å². The summed E-state index contributed by atoms with van der Waals surface area (Å²) < 4.78 is 13.7. The highest BCUT2D eigenvalue weighted by Gasteiger charge is 2.09. The van der Waals surface area contributed by atoms with Crippen molar-refractivity contribution < 1.29 is 4.39 Å². The van der Waals surface area contributed by atoms with Crippen LogP contribution in [0.5, 0.6) is 0 Å². The molecule has 3 aromatic rings. The molecule has 0 unspecified atom stereocenters. The van der Waals surface area contributed by atoms with Crippen molar-refractivity contribution in [3.63, 3.8) is 0 Å². The van der Waals surface area contributed by atoms with Crippen LogP contribution >= 0.6 is 11.6 Å². The Bertz CT molecular complexity index is 789. The van der Waals surface area contributed by atoms with Crippen molar-refractivity contribution in [2.45, 2.75) is 0 Å². The molecule has 0 bridgehead atoms. The number of halogens is 2. The van der Waals surface area contributed by atoms with Crippen molar-refractivity contribution in [3.8, 4) is 0 Å². The van der Waals surface area contributed by atoms with Gasteiger partial charge in [0.05, 0.1) is 16.4 Å². The summed E-state index contributed by atoms with van der Waals surface area (Å²) in [4.78, 5) is 4.24. The molecule has 3 nitrogen and oxygen atoms in total. The first-order chi connectivity index (χ1) is 9.66. The lowest BCUT2D eigenvalue weighted by molar-refractivity contribution is 0.632. The number of hydrogen-bond acceptors (Lipinski definition) is 3. The molecule has 20 heavy (non-hydrogen) atoms. The van der Waals surface area contributed by atoms with Crippen LogP contribution in [0.2, 0.25) is 5.02 Å². The Hall–Kier alpha value is -2.33. The molecule has 5 heteroatoms. The average molecular weight is 288 g/mol. The third kappa shape index (κ3) is 2.14. The lowest BCUT2D eigenvalue weighted by Crippen LogP contribution is -1.98. The molecule has 2 aromatic carbocycles. The third-order valence-electron chi connectivity index (χ3n) is 3.06. The summed E-state index contributed by atoms with van der Waals surface area (Å²) in [5, 5.41) is 5.04. The van der Waals surface area contributed by atoms with Crippen molar-refractivity contribution in [2.24, 2.45) is 0 Å². The highest BCUT2D eigenvalue weighted by Crippen LogP contribution is 2.32. The molecule has 0 radical (unpaired) electrons. The molecule has 0 aliphatic rings. The largest absolute Gasteiger partial charge is 0.397 e. The van der Waals surface area contributed by atoms with Gasteiger partial charge in [-0.25, -0.2) is 9.37 Å². The second-order valence-electron chi connectivity index (χ2n) is 4.32. The van der Waals surface area contributed by atoms with E-state index in [-0.39, 0.29) is 5.82 Å². The highest BCUT2D eigenvalue weighted by molar-refractivity contribution is 6.34. The van der Waals surface area contributed by atoms with Crippen LogP contribution in [0, 0.1) is 5.82 Å². The number of para-hydroxylation sites is 1. The van der Waals surface area contributed by atoms with Crippen LogP contribution in [0.25, 0.3) is 10.8 Å². The quantitative estimate of drug-likeness (QED) is 0.689. The predicted molar refractivity (Wildman–Crippen MR) is 80.8 cm³/mol. The number of nitrogens with two attached hydrogens (primary N) is 1. The number of nitrogens with one attached hydrogen (secondary N) is 1. The number of nitrogen functional groups attached to an aromatic ring is 1. The fraction of sp³-hybridized carbons (Fsp3) is 0. The van der Waals surface area contributed by atoms with Crippen molar-refractivity contribution >= 4 is 39.6 Å². The molecule has 3 N–H and O–H groups in total. The van der Waals surface area contributed by atoms with Crippen molar-refractivity contribution in [3.05, 3.63) is 59.5 Å². The lowest BCUT2D eigenvalue weighted by Gasteiger charge is -2.11. The smallest absolute Gasteiger partial charge is 0.146 e. The molecule has 0 amide bonds. The fourth-order valence-corrected chi connectivity index (χ4v) is 2.21. The summed E-state index contributed by atoms with van der Waals surface area (Å²) in [7, 11) is 0. The van der Waals surface area contributed by atoms with E-state index in [9.17, 15) is 4.39 Å². The number of pyridine rings is 1. The van der Waals surface area contributed by atoms with Gasteiger partial charge < -0.3 is 11.1 Å². The molecule has 0 aliphatic heterocycles. The fourth-order valence-electron chi connectivity index (χ4n) is 2.04. The second-order valence-corrected chi connectivity index (χ2v) is 4.73. The Morgan fingerprint density at radius 3 is 2.65 bits per heavy atom. The normalized spacial score (nSPS) is 10.7. The summed E-state index contributed by atoms with van der Waals surface area (Å²) in [5.41, 5.74) is 6.80. The van der Waals surface area contributed by atoms with Gasteiger partial charge >= 0.3 is 0 Å². The summed E-state index contributed by atoms with van der Waals surface area (Å²) in [6, 6.07) is 11.7. The lowest BCUT2D eigenvalue weighted by atomic mass is 10.1. The molecule has 0 fully saturated rings. The molecule has 1 aromatic heterocycles. The average Bonchev–Trinajstić information content (AvgIpc) is 2.46. The molecule has 3 rings (SSSR count).